The number of hydrogen-bond acceptors (Lipinski definition) is 4. The minimum atomic E-state index is -0.465. The second-order valence-electron chi connectivity index (χ2n) is 3.37. The monoisotopic (exact) mass is 264 g/mol. The number of nitrogens with one attached hydrogen (secondary N) is 1. The first kappa shape index (κ1) is 14.6. The van der Waals surface area contributed by atoms with Gasteiger partial charge in [0.15, 0.2) is 23.3 Å². The average molecular weight is 264 g/mol. The lowest BCUT2D eigenvalue weighted by atomic mass is 10.4. The molecule has 19 heavy (non-hydrogen) atoms. The number of rotatable bonds is 3. The van der Waals surface area contributed by atoms with E-state index in [1.165, 1.54) is 30.6 Å². The van der Waals surface area contributed by atoms with Crippen LogP contribution in [0.2, 0.25) is 0 Å². The van der Waals surface area contributed by atoms with Gasteiger partial charge in [-0.3, -0.25) is 0 Å². The van der Waals surface area contributed by atoms with E-state index in [4.69, 9.17) is 5.73 Å². The molecule has 2 aromatic heterocycles. The molecule has 0 fully saturated rings. The molecule has 0 aliphatic rings. The van der Waals surface area contributed by atoms with E-state index < -0.39 is 5.82 Å². The molecule has 0 bridgehead atoms. The smallest absolute Gasteiger partial charge is 0.165 e. The van der Waals surface area contributed by atoms with Gasteiger partial charge in [0.2, 0.25) is 0 Å². The van der Waals surface area contributed by atoms with E-state index in [1.807, 2.05) is 0 Å². The fourth-order valence-corrected chi connectivity index (χ4v) is 1.08. The van der Waals surface area contributed by atoms with Crippen molar-refractivity contribution in [1.29, 1.82) is 0 Å². The maximum atomic E-state index is 12.8. The van der Waals surface area contributed by atoms with E-state index in [0.717, 1.165) is 0 Å². The number of nitrogens with two attached hydrogens (primary N) is 1. The van der Waals surface area contributed by atoms with Crippen molar-refractivity contribution in [3.8, 4) is 0 Å². The van der Waals surface area contributed by atoms with Crippen LogP contribution in [0.3, 0.4) is 0 Å². The van der Waals surface area contributed by atoms with Gasteiger partial charge in [-0.1, -0.05) is 6.08 Å². The molecule has 2 rings (SSSR count). The summed E-state index contributed by atoms with van der Waals surface area (Å²) in [4.78, 5) is 7.26. The molecule has 4 nitrogen and oxygen atoms in total. The molecule has 3 N–H and O–H groups in total. The van der Waals surface area contributed by atoms with Crippen LogP contribution in [0.1, 0.15) is 0 Å². The molecule has 0 atom stereocenters. The zero-order valence-corrected chi connectivity index (χ0v) is 10.2. The minimum Gasteiger partial charge on any atom is -0.381 e. The highest BCUT2D eigenvalue weighted by Crippen LogP contribution is 2.07. The number of anilines is 2. The molecule has 0 unspecified atom stereocenters. The summed E-state index contributed by atoms with van der Waals surface area (Å²) >= 11 is 0. The Kier molecular flexibility index (Phi) is 5.94. The predicted octanol–water partition coefficient (Wildman–Crippen LogP) is 2.62. The number of nitrogen functional groups attached to an aromatic ring is 1. The van der Waals surface area contributed by atoms with Gasteiger partial charge < -0.3 is 11.1 Å². The van der Waals surface area contributed by atoms with Gasteiger partial charge in [0.25, 0.3) is 0 Å². The number of pyridine rings is 2. The van der Waals surface area contributed by atoms with E-state index in [0.29, 0.717) is 6.54 Å². The summed E-state index contributed by atoms with van der Waals surface area (Å²) in [6, 6.07) is 5.67. The van der Waals surface area contributed by atoms with Crippen LogP contribution in [0.25, 0.3) is 0 Å². The van der Waals surface area contributed by atoms with Crippen molar-refractivity contribution in [2.24, 2.45) is 0 Å². The second kappa shape index (κ2) is 7.75. The predicted molar refractivity (Wildman–Crippen MR) is 71.5 cm³/mol. The molecule has 100 valence electrons. The van der Waals surface area contributed by atoms with Crippen LogP contribution in [0, 0.1) is 11.6 Å². The molecule has 0 aliphatic heterocycles. The zero-order valence-electron chi connectivity index (χ0n) is 10.2. The van der Waals surface area contributed by atoms with Crippen LogP contribution >= 0.6 is 0 Å². The number of aromatic nitrogens is 2. The van der Waals surface area contributed by atoms with Crippen molar-refractivity contribution in [2.45, 2.75) is 0 Å². The molecule has 0 aromatic carbocycles. The average Bonchev–Trinajstić information content (AvgIpc) is 2.42. The van der Waals surface area contributed by atoms with Crippen molar-refractivity contribution < 1.29 is 8.78 Å². The highest BCUT2D eigenvalue weighted by molar-refractivity contribution is 5.35. The Bertz CT molecular complexity index is 511. The van der Waals surface area contributed by atoms with E-state index >= 15 is 0 Å². The van der Waals surface area contributed by atoms with Gasteiger partial charge in [-0.25, -0.2) is 18.7 Å². The van der Waals surface area contributed by atoms with E-state index in [-0.39, 0.29) is 17.5 Å². The lowest BCUT2D eigenvalue weighted by molar-refractivity contribution is 0.625. The van der Waals surface area contributed by atoms with E-state index in [1.54, 1.807) is 12.1 Å². The third kappa shape index (κ3) is 5.12. The molecule has 2 aromatic rings. The second-order valence-corrected chi connectivity index (χ2v) is 3.37. The third-order valence-corrected chi connectivity index (χ3v) is 1.96. The highest BCUT2D eigenvalue weighted by Gasteiger charge is 1.97. The largest absolute Gasteiger partial charge is 0.381 e. The third-order valence-electron chi connectivity index (χ3n) is 1.96. The minimum absolute atomic E-state index is 0.0486. The fraction of sp³-hybridized carbons (Fsp3) is 0.0769. The maximum Gasteiger partial charge on any atom is 0.165 e. The topological polar surface area (TPSA) is 63.8 Å². The Morgan fingerprint density at radius 2 is 1.79 bits per heavy atom. The van der Waals surface area contributed by atoms with Gasteiger partial charge in [0, 0.05) is 18.9 Å². The van der Waals surface area contributed by atoms with Crippen molar-refractivity contribution in [3.63, 3.8) is 0 Å². The molecule has 0 radical (unpaired) electrons. The van der Waals surface area contributed by atoms with Crippen LogP contribution < -0.4 is 11.1 Å². The molecule has 2 heterocycles. The van der Waals surface area contributed by atoms with Gasteiger partial charge in [0.05, 0.1) is 0 Å². The first-order valence-corrected chi connectivity index (χ1v) is 5.46. The molecular weight excluding hydrogens is 250 g/mol. The summed E-state index contributed by atoms with van der Waals surface area (Å²) in [5.41, 5.74) is 5.03. The molecule has 0 aliphatic carbocycles. The van der Waals surface area contributed by atoms with Crippen LogP contribution in [-0.2, 0) is 0 Å². The summed E-state index contributed by atoms with van der Waals surface area (Å²) in [5.74, 6) is -0.582. The lowest BCUT2D eigenvalue weighted by Gasteiger charge is -2.01. The number of halogens is 2. The molecular formula is C13H14F2N4. The Hall–Kier alpha value is -2.50. The van der Waals surface area contributed by atoms with Gasteiger partial charge >= 0.3 is 0 Å². The van der Waals surface area contributed by atoms with Crippen LogP contribution in [0.4, 0.5) is 20.4 Å². The van der Waals surface area contributed by atoms with Crippen molar-refractivity contribution in [2.75, 3.05) is 17.6 Å². The van der Waals surface area contributed by atoms with Crippen LogP contribution in [-0.4, -0.2) is 16.5 Å². The fourth-order valence-electron chi connectivity index (χ4n) is 1.08. The first-order valence-electron chi connectivity index (χ1n) is 5.46. The van der Waals surface area contributed by atoms with Gasteiger partial charge in [0.1, 0.15) is 0 Å². The van der Waals surface area contributed by atoms with Gasteiger partial charge in [-0.15, -0.1) is 6.58 Å². The Morgan fingerprint density at radius 3 is 2.26 bits per heavy atom. The molecule has 0 spiro atoms. The lowest BCUT2D eigenvalue weighted by Crippen LogP contribution is -2.01. The normalized spacial score (nSPS) is 9.16. The summed E-state index contributed by atoms with van der Waals surface area (Å²) in [6.07, 6.45) is 4.63. The van der Waals surface area contributed by atoms with Crippen molar-refractivity contribution >= 4 is 11.6 Å². The number of nitrogens with zero attached hydrogens (tertiary/aromatic N) is 2. The molecule has 0 saturated carbocycles. The molecule has 0 amide bonds. The van der Waals surface area contributed by atoms with E-state index in [9.17, 15) is 8.78 Å². The summed E-state index contributed by atoms with van der Waals surface area (Å²) < 4.78 is 24.9. The van der Waals surface area contributed by atoms with Crippen LogP contribution in [0.5, 0.6) is 0 Å². The van der Waals surface area contributed by atoms with Gasteiger partial charge in [-0.2, -0.15) is 0 Å². The maximum absolute atomic E-state index is 12.8. The summed E-state index contributed by atoms with van der Waals surface area (Å²) in [7, 11) is 0. The quantitative estimate of drug-likeness (QED) is 0.836. The standard InChI is InChI=1S/C8H9FN2.C5H5FN2/c1-2-5-10-8-7(9)4-3-6-11-8;6-4-2-1-3-8-5(4)7/h2-4,6H,1,5H2,(H,10,11);1-3H,(H2,7,8). The SMILES string of the molecule is C=CCNc1ncccc1F.Nc1ncccc1F. The van der Waals surface area contributed by atoms with Gasteiger partial charge in [-0.05, 0) is 24.3 Å². The zero-order chi connectivity index (χ0) is 14.1. The summed E-state index contributed by atoms with van der Waals surface area (Å²) in [6.45, 7) is 4.01. The highest BCUT2D eigenvalue weighted by atomic mass is 19.1. The Labute approximate surface area is 110 Å². The van der Waals surface area contributed by atoms with Crippen LogP contribution in [0.15, 0.2) is 49.3 Å². The molecule has 0 saturated heterocycles. The Morgan fingerprint density at radius 1 is 1.16 bits per heavy atom. The van der Waals surface area contributed by atoms with Crippen molar-refractivity contribution in [3.05, 3.63) is 60.9 Å². The Balaban J connectivity index is 0.000000200. The number of hydrogen-bond donors (Lipinski definition) is 2. The summed E-state index contributed by atoms with van der Waals surface area (Å²) in [5, 5.41) is 2.76. The first-order chi connectivity index (χ1) is 9.15. The molecule has 6 heteroatoms. The van der Waals surface area contributed by atoms with E-state index in [2.05, 4.69) is 21.9 Å². The van der Waals surface area contributed by atoms with Crippen molar-refractivity contribution in [1.82, 2.24) is 9.97 Å².